The van der Waals surface area contributed by atoms with Crippen LogP contribution in [0.3, 0.4) is 0 Å². The van der Waals surface area contributed by atoms with Gasteiger partial charge in [-0.25, -0.2) is 9.59 Å². The zero-order chi connectivity index (χ0) is 23.0. The Balaban J connectivity index is 2.13. The van der Waals surface area contributed by atoms with Crippen LogP contribution in [0.4, 0.5) is 5.82 Å². The number of hydrogen-bond acceptors (Lipinski definition) is 6. The standard InChI is InChI=1S/C24H23N3O5/c1-4-32-23(30)18-17(14-10-12-16(28)13-11-14)19-21(26(2)24(31)27(3)22(19)29)25-20(18)15-8-6-5-7-9-15/h5-13,17,25,28H,4H2,1-3H3. The van der Waals surface area contributed by atoms with Gasteiger partial charge in [0.15, 0.2) is 0 Å². The van der Waals surface area contributed by atoms with Gasteiger partial charge < -0.3 is 15.2 Å². The number of hydrogen-bond donors (Lipinski definition) is 2. The van der Waals surface area contributed by atoms with Gasteiger partial charge in [0.2, 0.25) is 0 Å². The Bertz CT molecular complexity index is 1340. The van der Waals surface area contributed by atoms with Crippen LogP contribution in [0.5, 0.6) is 5.75 Å². The summed E-state index contributed by atoms with van der Waals surface area (Å²) in [7, 11) is 2.97. The minimum Gasteiger partial charge on any atom is -0.508 e. The smallest absolute Gasteiger partial charge is 0.337 e. The largest absolute Gasteiger partial charge is 0.508 e. The molecular weight excluding hydrogens is 410 g/mol. The van der Waals surface area contributed by atoms with Gasteiger partial charge in [-0.2, -0.15) is 0 Å². The van der Waals surface area contributed by atoms with Crippen LogP contribution in [-0.4, -0.2) is 26.8 Å². The van der Waals surface area contributed by atoms with Crippen LogP contribution >= 0.6 is 0 Å². The van der Waals surface area contributed by atoms with E-state index in [2.05, 4.69) is 5.32 Å². The van der Waals surface area contributed by atoms with Crippen LogP contribution in [-0.2, 0) is 23.6 Å². The van der Waals surface area contributed by atoms with Gasteiger partial charge in [0.05, 0.1) is 29.4 Å². The zero-order valence-electron chi connectivity index (χ0n) is 18.0. The Kier molecular flexibility index (Phi) is 5.44. The fourth-order valence-corrected chi connectivity index (χ4v) is 4.02. The summed E-state index contributed by atoms with van der Waals surface area (Å²) in [6.45, 7) is 1.87. The van der Waals surface area contributed by atoms with Gasteiger partial charge >= 0.3 is 11.7 Å². The molecule has 1 unspecified atom stereocenters. The molecule has 1 aliphatic heterocycles. The summed E-state index contributed by atoms with van der Waals surface area (Å²) in [6.07, 6.45) is 0. The molecule has 0 saturated carbocycles. The number of fused-ring (bicyclic) bond motifs is 1. The Hall–Kier alpha value is -4.07. The second-order valence-electron chi connectivity index (χ2n) is 7.49. The van der Waals surface area contributed by atoms with Gasteiger partial charge in [0.25, 0.3) is 5.56 Å². The van der Waals surface area contributed by atoms with Crippen molar-refractivity contribution in [3.63, 3.8) is 0 Å². The predicted molar refractivity (Wildman–Crippen MR) is 120 cm³/mol. The average molecular weight is 433 g/mol. The molecule has 2 N–H and O–H groups in total. The Morgan fingerprint density at radius 1 is 1.03 bits per heavy atom. The number of esters is 1. The molecule has 0 amide bonds. The fraction of sp³-hybridized carbons (Fsp3) is 0.208. The molecule has 0 radical (unpaired) electrons. The van der Waals surface area contributed by atoms with Crippen molar-refractivity contribution >= 4 is 17.5 Å². The monoisotopic (exact) mass is 433 g/mol. The van der Waals surface area contributed by atoms with E-state index >= 15 is 0 Å². The SMILES string of the molecule is CCOC(=O)C1=C(c2ccccc2)Nc2c(c(=O)n(C)c(=O)n2C)C1c1ccc(O)cc1. The number of carbonyl (C=O) groups excluding carboxylic acids is 1. The molecule has 8 heteroatoms. The van der Waals surface area contributed by atoms with E-state index in [0.717, 1.165) is 4.57 Å². The predicted octanol–water partition coefficient (Wildman–Crippen LogP) is 2.32. The Labute approximate surface area is 184 Å². The first kappa shape index (κ1) is 21.2. The van der Waals surface area contributed by atoms with Crippen LogP contribution in [0.2, 0.25) is 0 Å². The van der Waals surface area contributed by atoms with E-state index < -0.39 is 23.1 Å². The van der Waals surface area contributed by atoms with Gasteiger partial charge in [-0.15, -0.1) is 0 Å². The first-order chi connectivity index (χ1) is 15.3. The van der Waals surface area contributed by atoms with Crippen molar-refractivity contribution in [3.8, 4) is 5.75 Å². The molecule has 0 aliphatic carbocycles. The quantitative estimate of drug-likeness (QED) is 0.613. The fourth-order valence-electron chi connectivity index (χ4n) is 4.02. The van der Waals surface area contributed by atoms with Crippen molar-refractivity contribution in [2.45, 2.75) is 12.8 Å². The number of nitrogens with one attached hydrogen (secondary N) is 1. The van der Waals surface area contributed by atoms with Crippen molar-refractivity contribution in [2.75, 3.05) is 11.9 Å². The molecule has 3 aromatic rings. The number of nitrogens with zero attached hydrogens (tertiary/aromatic N) is 2. The number of aromatic hydroxyl groups is 1. The summed E-state index contributed by atoms with van der Waals surface area (Å²) < 4.78 is 7.76. The summed E-state index contributed by atoms with van der Waals surface area (Å²) in [6, 6.07) is 15.5. The summed E-state index contributed by atoms with van der Waals surface area (Å²) in [5.74, 6) is -1.02. The van der Waals surface area contributed by atoms with Crippen molar-refractivity contribution in [1.82, 2.24) is 9.13 Å². The summed E-state index contributed by atoms with van der Waals surface area (Å²) in [5, 5.41) is 13.0. The van der Waals surface area contributed by atoms with E-state index in [1.165, 1.54) is 23.7 Å². The summed E-state index contributed by atoms with van der Waals surface area (Å²) in [4.78, 5) is 39.2. The molecule has 2 aromatic carbocycles. The van der Waals surface area contributed by atoms with Gasteiger partial charge in [-0.05, 0) is 30.2 Å². The van der Waals surface area contributed by atoms with Crippen molar-refractivity contribution in [1.29, 1.82) is 0 Å². The van der Waals surface area contributed by atoms with Crippen LogP contribution in [0, 0.1) is 0 Å². The highest BCUT2D eigenvalue weighted by Gasteiger charge is 2.38. The number of aromatic nitrogens is 2. The number of anilines is 1. The van der Waals surface area contributed by atoms with E-state index in [4.69, 9.17) is 4.74 Å². The first-order valence-electron chi connectivity index (χ1n) is 10.2. The normalized spacial score (nSPS) is 15.2. The van der Waals surface area contributed by atoms with Gasteiger partial charge in [-0.1, -0.05) is 42.5 Å². The molecule has 1 aromatic heterocycles. The summed E-state index contributed by atoms with van der Waals surface area (Å²) >= 11 is 0. The van der Waals surface area contributed by atoms with Crippen molar-refractivity contribution in [3.05, 3.63) is 97.7 Å². The minimum absolute atomic E-state index is 0.0567. The number of carbonyl (C=O) groups is 1. The maximum absolute atomic E-state index is 13.3. The lowest BCUT2D eigenvalue weighted by atomic mass is 9.81. The lowest BCUT2D eigenvalue weighted by Crippen LogP contribution is -2.43. The van der Waals surface area contributed by atoms with Crippen LogP contribution in [0.1, 0.15) is 29.5 Å². The molecule has 8 nitrogen and oxygen atoms in total. The molecule has 0 fully saturated rings. The summed E-state index contributed by atoms with van der Waals surface area (Å²) in [5.41, 5.74) is 1.28. The number of rotatable bonds is 4. The van der Waals surface area contributed by atoms with Crippen LogP contribution in [0.25, 0.3) is 5.70 Å². The first-order valence-corrected chi connectivity index (χ1v) is 10.2. The second kappa shape index (κ2) is 8.22. The lowest BCUT2D eigenvalue weighted by molar-refractivity contribution is -0.138. The molecule has 0 spiro atoms. The highest BCUT2D eigenvalue weighted by Crippen LogP contribution is 2.43. The number of ether oxygens (including phenoxy) is 1. The highest BCUT2D eigenvalue weighted by atomic mass is 16.5. The Morgan fingerprint density at radius 2 is 1.69 bits per heavy atom. The molecule has 32 heavy (non-hydrogen) atoms. The lowest BCUT2D eigenvalue weighted by Gasteiger charge is -2.32. The molecule has 1 aliphatic rings. The molecule has 2 heterocycles. The van der Waals surface area contributed by atoms with Crippen molar-refractivity contribution in [2.24, 2.45) is 14.1 Å². The minimum atomic E-state index is -0.813. The zero-order valence-corrected chi connectivity index (χ0v) is 18.0. The van der Waals surface area contributed by atoms with Crippen molar-refractivity contribution < 1.29 is 14.6 Å². The topological polar surface area (TPSA) is 103 Å². The Morgan fingerprint density at radius 3 is 2.31 bits per heavy atom. The van der Waals surface area contributed by atoms with Gasteiger partial charge in [0.1, 0.15) is 11.6 Å². The third kappa shape index (κ3) is 3.39. The third-order valence-electron chi connectivity index (χ3n) is 5.57. The van der Waals surface area contributed by atoms with E-state index in [-0.39, 0.29) is 23.5 Å². The molecule has 0 bridgehead atoms. The molecule has 1 atom stereocenters. The molecule has 4 rings (SSSR count). The van der Waals surface area contributed by atoms with E-state index in [9.17, 15) is 19.5 Å². The van der Waals surface area contributed by atoms with Gasteiger partial charge in [-0.3, -0.25) is 13.9 Å². The molecule has 0 saturated heterocycles. The average Bonchev–Trinajstić information content (AvgIpc) is 2.81. The maximum Gasteiger partial charge on any atom is 0.337 e. The number of phenolic OH excluding ortho intramolecular Hbond substituents is 1. The highest BCUT2D eigenvalue weighted by molar-refractivity contribution is 6.04. The van der Waals surface area contributed by atoms with Crippen LogP contribution in [0.15, 0.2) is 69.8 Å². The van der Waals surface area contributed by atoms with E-state index in [1.54, 1.807) is 26.1 Å². The molecular formula is C24H23N3O5. The van der Waals surface area contributed by atoms with E-state index in [0.29, 0.717) is 22.6 Å². The third-order valence-corrected chi connectivity index (χ3v) is 5.57. The maximum atomic E-state index is 13.3. The molecule has 164 valence electrons. The number of phenols is 1. The van der Waals surface area contributed by atoms with E-state index in [1.807, 2.05) is 30.3 Å². The second-order valence-corrected chi connectivity index (χ2v) is 7.49. The van der Waals surface area contributed by atoms with Crippen LogP contribution < -0.4 is 16.6 Å². The van der Waals surface area contributed by atoms with Gasteiger partial charge in [0, 0.05) is 14.1 Å². The number of benzene rings is 2.